The number of methoxy groups -OCH3 is 1. The Bertz CT molecular complexity index is 524. The molecule has 1 saturated heterocycles. The first-order chi connectivity index (χ1) is 9.41. The van der Waals surface area contributed by atoms with Gasteiger partial charge >= 0.3 is 5.97 Å². The van der Waals surface area contributed by atoms with Gasteiger partial charge in [-0.25, -0.2) is 8.78 Å². The number of esters is 1. The Hall–Kier alpha value is -1.53. The van der Waals surface area contributed by atoms with Crippen LogP contribution in [0.15, 0.2) is 18.2 Å². The van der Waals surface area contributed by atoms with Crippen molar-refractivity contribution in [3.05, 3.63) is 35.4 Å². The van der Waals surface area contributed by atoms with Gasteiger partial charge < -0.3 is 10.1 Å². The minimum atomic E-state index is -1.09. The average molecular weight is 284 g/mol. The van der Waals surface area contributed by atoms with E-state index in [1.54, 1.807) is 0 Å². The summed E-state index contributed by atoms with van der Waals surface area (Å²) in [5, 5.41) is 6.31. The number of nitrogens with one attached hydrogen (secondary N) is 2. The lowest BCUT2D eigenvalue weighted by atomic mass is 9.73. The minimum Gasteiger partial charge on any atom is -0.468 e. The van der Waals surface area contributed by atoms with E-state index in [1.807, 2.05) is 13.8 Å². The third-order valence-corrected chi connectivity index (χ3v) is 3.91. The zero-order chi connectivity index (χ0) is 14.9. The number of rotatable bonds is 2. The molecule has 4 nitrogen and oxygen atoms in total. The number of carbonyl (C=O) groups is 1. The third kappa shape index (κ3) is 2.29. The summed E-state index contributed by atoms with van der Waals surface area (Å²) in [5.74, 6) is -2.40. The van der Waals surface area contributed by atoms with Crippen LogP contribution in [-0.2, 0) is 14.9 Å². The van der Waals surface area contributed by atoms with E-state index in [2.05, 4.69) is 10.6 Å². The molecule has 0 saturated carbocycles. The maximum absolute atomic E-state index is 13.5. The predicted molar refractivity (Wildman–Crippen MR) is 70.1 cm³/mol. The van der Waals surface area contributed by atoms with Crippen molar-refractivity contribution in [3.8, 4) is 0 Å². The van der Waals surface area contributed by atoms with Crippen LogP contribution in [0.3, 0.4) is 0 Å². The van der Waals surface area contributed by atoms with Gasteiger partial charge in [-0.05, 0) is 31.5 Å². The molecule has 0 bridgehead atoms. The van der Waals surface area contributed by atoms with Gasteiger partial charge in [0.2, 0.25) is 0 Å². The molecule has 0 spiro atoms. The molecule has 1 aliphatic heterocycles. The van der Waals surface area contributed by atoms with Crippen LogP contribution in [0.2, 0.25) is 0 Å². The van der Waals surface area contributed by atoms with Crippen molar-refractivity contribution in [3.63, 3.8) is 0 Å². The normalized spacial score (nSPS) is 30.1. The van der Waals surface area contributed by atoms with E-state index in [0.717, 1.165) is 12.1 Å². The fraction of sp³-hybridized carbons (Fsp3) is 0.500. The van der Waals surface area contributed by atoms with Gasteiger partial charge in [0.15, 0.2) is 11.6 Å². The highest BCUT2D eigenvalue weighted by molar-refractivity contribution is 5.85. The summed E-state index contributed by atoms with van der Waals surface area (Å²) in [6.07, 6.45) is 0.0214. The van der Waals surface area contributed by atoms with Crippen molar-refractivity contribution in [1.29, 1.82) is 0 Å². The summed E-state index contributed by atoms with van der Waals surface area (Å²) in [4.78, 5) is 12.3. The summed E-state index contributed by atoms with van der Waals surface area (Å²) in [7, 11) is 1.29. The molecule has 0 amide bonds. The van der Waals surface area contributed by atoms with Crippen molar-refractivity contribution in [1.82, 2.24) is 10.6 Å². The van der Waals surface area contributed by atoms with E-state index < -0.39 is 23.0 Å². The van der Waals surface area contributed by atoms with Crippen LogP contribution in [-0.4, -0.2) is 31.8 Å². The number of benzene rings is 1. The fourth-order valence-electron chi connectivity index (χ4n) is 2.72. The Labute approximate surface area is 116 Å². The van der Waals surface area contributed by atoms with E-state index in [-0.39, 0.29) is 12.2 Å². The van der Waals surface area contributed by atoms with Gasteiger partial charge in [0.05, 0.1) is 13.3 Å². The lowest BCUT2D eigenvalue weighted by Gasteiger charge is -2.44. The maximum atomic E-state index is 13.5. The molecule has 1 aromatic rings. The smallest absolute Gasteiger partial charge is 0.319 e. The summed E-state index contributed by atoms with van der Waals surface area (Å²) >= 11 is 0. The third-order valence-electron chi connectivity index (χ3n) is 3.91. The molecule has 1 aliphatic rings. The van der Waals surface area contributed by atoms with Crippen molar-refractivity contribution < 1.29 is 18.3 Å². The molecule has 0 aromatic heterocycles. The molecule has 1 heterocycles. The van der Waals surface area contributed by atoms with E-state index >= 15 is 0 Å². The number of halogens is 2. The van der Waals surface area contributed by atoms with Crippen LogP contribution in [0.5, 0.6) is 0 Å². The Morgan fingerprint density at radius 2 is 2.05 bits per heavy atom. The molecule has 6 heteroatoms. The predicted octanol–water partition coefficient (Wildman–Crippen LogP) is 1.30. The van der Waals surface area contributed by atoms with Crippen LogP contribution in [0, 0.1) is 11.6 Å². The molecule has 1 fully saturated rings. The standard InChI is InChI=1S/C14H18F2N2O2/c1-8-14(13(19)20-3,7-17-9(2)18-8)10-4-5-11(15)12(16)6-10/h4-6,8-9,17-18H,7H2,1-3H3. The molecule has 3 unspecified atom stereocenters. The molecule has 2 rings (SSSR count). The van der Waals surface area contributed by atoms with Gasteiger partial charge in [0.25, 0.3) is 0 Å². The molecule has 0 radical (unpaired) electrons. The highest BCUT2D eigenvalue weighted by Crippen LogP contribution is 2.32. The zero-order valence-corrected chi connectivity index (χ0v) is 11.7. The van der Waals surface area contributed by atoms with Crippen LogP contribution in [0.1, 0.15) is 19.4 Å². The Morgan fingerprint density at radius 3 is 2.60 bits per heavy atom. The van der Waals surface area contributed by atoms with E-state index in [9.17, 15) is 13.6 Å². The van der Waals surface area contributed by atoms with Gasteiger partial charge in [0.1, 0.15) is 5.41 Å². The molecule has 110 valence electrons. The average Bonchev–Trinajstić information content (AvgIpc) is 2.42. The first-order valence-electron chi connectivity index (χ1n) is 6.45. The molecular weight excluding hydrogens is 266 g/mol. The number of ether oxygens (including phenoxy) is 1. The maximum Gasteiger partial charge on any atom is 0.319 e. The fourth-order valence-corrected chi connectivity index (χ4v) is 2.72. The van der Waals surface area contributed by atoms with Gasteiger partial charge in [-0.3, -0.25) is 10.1 Å². The highest BCUT2D eigenvalue weighted by Gasteiger charge is 2.49. The lowest BCUT2D eigenvalue weighted by Crippen LogP contribution is -2.67. The van der Waals surface area contributed by atoms with Crippen molar-refractivity contribution in [2.24, 2.45) is 0 Å². The van der Waals surface area contributed by atoms with Crippen molar-refractivity contribution in [2.75, 3.05) is 13.7 Å². The summed E-state index contributed by atoms with van der Waals surface area (Å²) in [6.45, 7) is 4.04. The van der Waals surface area contributed by atoms with Crippen molar-refractivity contribution >= 4 is 5.97 Å². The Kier molecular flexibility index (Phi) is 4.06. The van der Waals surface area contributed by atoms with Crippen LogP contribution in [0.25, 0.3) is 0 Å². The summed E-state index contributed by atoms with van der Waals surface area (Å²) in [5.41, 5.74) is -0.696. The topological polar surface area (TPSA) is 50.4 Å². The molecule has 2 N–H and O–H groups in total. The number of hydrogen-bond donors (Lipinski definition) is 2. The molecule has 3 atom stereocenters. The summed E-state index contributed by atoms with van der Waals surface area (Å²) < 4.78 is 31.5. The number of carbonyl (C=O) groups excluding carboxylic acids is 1. The molecule has 0 aliphatic carbocycles. The van der Waals surface area contributed by atoms with Gasteiger partial charge in [-0.2, -0.15) is 0 Å². The number of hydrogen-bond acceptors (Lipinski definition) is 4. The lowest BCUT2D eigenvalue weighted by molar-refractivity contribution is -0.149. The first kappa shape index (κ1) is 14.9. The minimum absolute atomic E-state index is 0.0214. The monoisotopic (exact) mass is 284 g/mol. The largest absolute Gasteiger partial charge is 0.468 e. The Morgan fingerprint density at radius 1 is 1.35 bits per heavy atom. The molecule has 1 aromatic carbocycles. The van der Waals surface area contributed by atoms with Crippen LogP contribution in [0.4, 0.5) is 8.78 Å². The van der Waals surface area contributed by atoms with Gasteiger partial charge in [-0.1, -0.05) is 6.07 Å². The molecule has 20 heavy (non-hydrogen) atoms. The van der Waals surface area contributed by atoms with Gasteiger partial charge in [0, 0.05) is 12.6 Å². The van der Waals surface area contributed by atoms with Crippen LogP contribution < -0.4 is 10.6 Å². The molecular formula is C14H18F2N2O2. The first-order valence-corrected chi connectivity index (χ1v) is 6.45. The Balaban J connectivity index is 2.52. The highest BCUT2D eigenvalue weighted by atomic mass is 19.2. The summed E-state index contributed by atoms with van der Waals surface area (Å²) in [6, 6.07) is 3.23. The quantitative estimate of drug-likeness (QED) is 0.804. The zero-order valence-electron chi connectivity index (χ0n) is 11.7. The van der Waals surface area contributed by atoms with Gasteiger partial charge in [-0.15, -0.1) is 0 Å². The SMILES string of the molecule is COC(=O)C1(c2ccc(F)c(F)c2)CNC(C)NC1C. The van der Waals surface area contributed by atoms with E-state index in [4.69, 9.17) is 4.74 Å². The van der Waals surface area contributed by atoms with Crippen LogP contribution >= 0.6 is 0 Å². The van der Waals surface area contributed by atoms with E-state index in [1.165, 1.54) is 13.2 Å². The second kappa shape index (κ2) is 5.46. The van der Waals surface area contributed by atoms with Crippen molar-refractivity contribution in [2.45, 2.75) is 31.5 Å². The second-order valence-corrected chi connectivity index (χ2v) is 5.08. The van der Waals surface area contributed by atoms with E-state index in [0.29, 0.717) is 12.1 Å². The second-order valence-electron chi connectivity index (χ2n) is 5.08.